The molecule has 6 nitrogen and oxygen atoms in total. The molecule has 96 valence electrons. The minimum absolute atomic E-state index is 0.159. The van der Waals surface area contributed by atoms with E-state index in [0.717, 1.165) is 13.0 Å². The van der Waals surface area contributed by atoms with Crippen LogP contribution in [0.15, 0.2) is 16.8 Å². The van der Waals surface area contributed by atoms with Crippen molar-refractivity contribution in [3.05, 3.63) is 22.4 Å². The Morgan fingerprint density at radius 2 is 2.28 bits per heavy atom. The normalized spacial score (nSPS) is 10.3. The lowest BCUT2D eigenvalue weighted by Crippen LogP contribution is -2.11. The van der Waals surface area contributed by atoms with Gasteiger partial charge >= 0.3 is 6.01 Å². The van der Waals surface area contributed by atoms with E-state index in [1.165, 1.54) is 5.56 Å². The molecule has 3 N–H and O–H groups in total. The number of hydrogen-bond acceptors (Lipinski definition) is 7. The predicted molar refractivity (Wildman–Crippen MR) is 71.9 cm³/mol. The molecule has 18 heavy (non-hydrogen) atoms. The molecular formula is C11H15N5OS. The number of nitrogen functional groups attached to an aromatic ring is 1. The van der Waals surface area contributed by atoms with E-state index in [0.29, 0.717) is 12.6 Å². The number of ether oxygens (including phenoxy) is 1. The summed E-state index contributed by atoms with van der Waals surface area (Å²) in [7, 11) is 0. The van der Waals surface area contributed by atoms with E-state index >= 15 is 0 Å². The average Bonchev–Trinajstić information content (AvgIpc) is 2.82. The standard InChI is InChI=1S/C11H15N5OS/c1-2-17-11-15-9(12)14-10(16-11)13-5-3-8-4-6-18-7-8/h4,6-7H,2-3,5H2,1H3,(H3,12,13,14,15,16). The van der Waals surface area contributed by atoms with Gasteiger partial charge in [-0.15, -0.1) is 0 Å². The second-order valence-corrected chi connectivity index (χ2v) is 4.32. The van der Waals surface area contributed by atoms with Gasteiger partial charge in [-0.05, 0) is 35.7 Å². The molecular weight excluding hydrogens is 250 g/mol. The number of hydrogen-bond donors (Lipinski definition) is 2. The highest BCUT2D eigenvalue weighted by atomic mass is 32.1. The predicted octanol–water partition coefficient (Wildman–Crippen LogP) is 1.57. The smallest absolute Gasteiger partial charge is 0.323 e. The van der Waals surface area contributed by atoms with Crippen LogP contribution >= 0.6 is 11.3 Å². The zero-order valence-corrected chi connectivity index (χ0v) is 10.9. The number of nitrogens with one attached hydrogen (secondary N) is 1. The van der Waals surface area contributed by atoms with Gasteiger partial charge in [0.1, 0.15) is 0 Å². The summed E-state index contributed by atoms with van der Waals surface area (Å²) in [4.78, 5) is 12.0. The minimum Gasteiger partial charge on any atom is -0.464 e. The van der Waals surface area contributed by atoms with Crippen LogP contribution in [-0.4, -0.2) is 28.1 Å². The van der Waals surface area contributed by atoms with Crippen molar-refractivity contribution in [3.63, 3.8) is 0 Å². The Kier molecular flexibility index (Phi) is 4.30. The Morgan fingerprint density at radius 1 is 1.39 bits per heavy atom. The van der Waals surface area contributed by atoms with Crippen LogP contribution in [0.2, 0.25) is 0 Å². The Bertz CT molecular complexity index is 488. The van der Waals surface area contributed by atoms with Gasteiger partial charge in [0, 0.05) is 6.54 Å². The van der Waals surface area contributed by atoms with Gasteiger partial charge in [-0.3, -0.25) is 0 Å². The first kappa shape index (κ1) is 12.6. The van der Waals surface area contributed by atoms with Crippen molar-refractivity contribution >= 4 is 23.2 Å². The van der Waals surface area contributed by atoms with Gasteiger partial charge in [-0.2, -0.15) is 26.3 Å². The van der Waals surface area contributed by atoms with Crippen molar-refractivity contribution in [2.75, 3.05) is 24.2 Å². The van der Waals surface area contributed by atoms with Crippen LogP contribution in [0, 0.1) is 0 Å². The monoisotopic (exact) mass is 265 g/mol. The topological polar surface area (TPSA) is 86.0 Å². The quantitative estimate of drug-likeness (QED) is 0.824. The summed E-state index contributed by atoms with van der Waals surface area (Å²) in [5, 5.41) is 7.28. The SMILES string of the molecule is CCOc1nc(N)nc(NCCc2ccsc2)n1. The van der Waals surface area contributed by atoms with Crippen molar-refractivity contribution < 1.29 is 4.74 Å². The second kappa shape index (κ2) is 6.15. The van der Waals surface area contributed by atoms with Crippen LogP contribution in [0.3, 0.4) is 0 Å². The Hall–Kier alpha value is -1.89. The van der Waals surface area contributed by atoms with E-state index in [1.54, 1.807) is 11.3 Å². The van der Waals surface area contributed by atoms with Crippen LogP contribution in [-0.2, 0) is 6.42 Å². The van der Waals surface area contributed by atoms with Gasteiger partial charge in [0.25, 0.3) is 0 Å². The van der Waals surface area contributed by atoms with E-state index in [4.69, 9.17) is 10.5 Å². The first-order valence-electron chi connectivity index (χ1n) is 5.67. The van der Waals surface area contributed by atoms with Crippen molar-refractivity contribution in [2.24, 2.45) is 0 Å². The van der Waals surface area contributed by atoms with Crippen molar-refractivity contribution in [1.82, 2.24) is 15.0 Å². The molecule has 2 aromatic heterocycles. The molecule has 0 unspecified atom stereocenters. The largest absolute Gasteiger partial charge is 0.464 e. The highest BCUT2D eigenvalue weighted by Crippen LogP contribution is 2.10. The van der Waals surface area contributed by atoms with Gasteiger partial charge in [-0.1, -0.05) is 0 Å². The molecule has 0 radical (unpaired) electrons. The lowest BCUT2D eigenvalue weighted by Gasteiger charge is -2.06. The maximum atomic E-state index is 5.58. The van der Waals surface area contributed by atoms with Crippen LogP contribution < -0.4 is 15.8 Å². The summed E-state index contributed by atoms with van der Waals surface area (Å²) in [6, 6.07) is 2.35. The fourth-order valence-electron chi connectivity index (χ4n) is 1.40. The molecule has 0 amide bonds. The van der Waals surface area contributed by atoms with Crippen LogP contribution in [0.25, 0.3) is 0 Å². The summed E-state index contributed by atoms with van der Waals surface area (Å²) in [5.41, 5.74) is 6.87. The first-order chi connectivity index (χ1) is 8.78. The molecule has 2 rings (SSSR count). The van der Waals surface area contributed by atoms with E-state index in [9.17, 15) is 0 Å². The van der Waals surface area contributed by atoms with Gasteiger partial charge in [-0.25, -0.2) is 0 Å². The molecule has 0 spiro atoms. The number of anilines is 2. The number of nitrogens with two attached hydrogens (primary N) is 1. The number of thiophene rings is 1. The van der Waals surface area contributed by atoms with Gasteiger partial charge in [0.15, 0.2) is 0 Å². The molecule has 0 saturated heterocycles. The number of rotatable bonds is 6. The Morgan fingerprint density at radius 3 is 3.00 bits per heavy atom. The van der Waals surface area contributed by atoms with Crippen LogP contribution in [0.4, 0.5) is 11.9 Å². The number of aromatic nitrogens is 3. The highest BCUT2D eigenvalue weighted by Gasteiger charge is 2.04. The van der Waals surface area contributed by atoms with Crippen LogP contribution in [0.5, 0.6) is 6.01 Å². The maximum Gasteiger partial charge on any atom is 0.323 e. The van der Waals surface area contributed by atoms with E-state index in [2.05, 4.69) is 37.1 Å². The second-order valence-electron chi connectivity index (χ2n) is 3.54. The molecule has 0 aliphatic carbocycles. The molecule has 7 heteroatoms. The van der Waals surface area contributed by atoms with Crippen molar-refractivity contribution in [3.8, 4) is 6.01 Å². The Balaban J connectivity index is 1.92. The summed E-state index contributed by atoms with van der Waals surface area (Å²) in [6.07, 6.45) is 0.916. The fraction of sp³-hybridized carbons (Fsp3) is 0.364. The molecule has 2 aromatic rings. The first-order valence-corrected chi connectivity index (χ1v) is 6.61. The molecule has 0 saturated carbocycles. The third-order valence-corrected chi connectivity index (χ3v) is 2.91. The molecule has 0 aliphatic rings. The Labute approximate surface area is 109 Å². The summed E-state index contributed by atoms with van der Waals surface area (Å²) >= 11 is 1.69. The van der Waals surface area contributed by atoms with E-state index < -0.39 is 0 Å². The number of nitrogens with zero attached hydrogens (tertiary/aromatic N) is 3. The summed E-state index contributed by atoms with van der Waals surface area (Å²) < 4.78 is 5.20. The summed E-state index contributed by atoms with van der Waals surface area (Å²) in [5.74, 6) is 0.604. The van der Waals surface area contributed by atoms with E-state index in [1.807, 2.05) is 6.92 Å². The molecule has 0 fully saturated rings. The van der Waals surface area contributed by atoms with Gasteiger partial charge < -0.3 is 15.8 Å². The minimum atomic E-state index is 0.159. The molecule has 0 bridgehead atoms. The lowest BCUT2D eigenvalue weighted by molar-refractivity contribution is 0.312. The maximum absolute atomic E-state index is 5.58. The lowest BCUT2D eigenvalue weighted by atomic mass is 10.2. The average molecular weight is 265 g/mol. The zero-order chi connectivity index (χ0) is 12.8. The van der Waals surface area contributed by atoms with Gasteiger partial charge in [0.05, 0.1) is 6.61 Å². The van der Waals surface area contributed by atoms with E-state index in [-0.39, 0.29) is 12.0 Å². The van der Waals surface area contributed by atoms with Crippen molar-refractivity contribution in [2.45, 2.75) is 13.3 Å². The third-order valence-electron chi connectivity index (χ3n) is 2.18. The molecule has 0 aliphatic heterocycles. The fourth-order valence-corrected chi connectivity index (χ4v) is 2.10. The molecule has 0 atom stereocenters. The highest BCUT2D eigenvalue weighted by molar-refractivity contribution is 7.07. The molecule has 0 aromatic carbocycles. The van der Waals surface area contributed by atoms with Crippen LogP contribution in [0.1, 0.15) is 12.5 Å². The third kappa shape index (κ3) is 3.56. The molecule has 2 heterocycles. The summed E-state index contributed by atoms with van der Waals surface area (Å²) in [6.45, 7) is 3.10. The zero-order valence-electron chi connectivity index (χ0n) is 10.1. The van der Waals surface area contributed by atoms with Gasteiger partial charge in [0.2, 0.25) is 11.9 Å². The van der Waals surface area contributed by atoms with Crippen molar-refractivity contribution in [1.29, 1.82) is 0 Å².